The zero-order chi connectivity index (χ0) is 62.1. The molecule has 0 aromatic heterocycles. The van der Waals surface area contributed by atoms with E-state index in [0.29, 0.717) is 69.5 Å². The van der Waals surface area contributed by atoms with Crippen LogP contribution in [-0.2, 0) is 70.6 Å². The third-order valence-corrected chi connectivity index (χ3v) is 13.9. The number of aliphatic imine (C=N–C) groups is 1. The van der Waals surface area contributed by atoms with Gasteiger partial charge >= 0.3 is 11.9 Å². The number of fused-ring (bicyclic) bond motifs is 1. The minimum atomic E-state index is -1.25. The quantitative estimate of drug-likeness (QED) is 0.0114. The van der Waals surface area contributed by atoms with Crippen molar-refractivity contribution in [1.29, 1.82) is 0 Å². The summed E-state index contributed by atoms with van der Waals surface area (Å²) in [6.07, 6.45) is 3.00. The van der Waals surface area contributed by atoms with Crippen LogP contribution in [-0.4, -0.2) is 202 Å². The van der Waals surface area contributed by atoms with Crippen molar-refractivity contribution in [3.05, 3.63) is 77.9 Å². The number of carbonyl (C=O) groups excluding carboxylic acids is 10. The molecule has 0 bridgehead atoms. The Kier molecular flexibility index (Phi) is 30.6. The summed E-state index contributed by atoms with van der Waals surface area (Å²) in [4.78, 5) is 150. The molecule has 27 heteroatoms. The van der Waals surface area contributed by atoms with Crippen LogP contribution < -0.4 is 54.0 Å². The molecule has 0 spiro atoms. The molecule has 3 aromatic rings. The molecule has 4 atom stereocenters. The Morgan fingerprint density at radius 1 is 0.682 bits per heavy atom. The van der Waals surface area contributed by atoms with E-state index in [9.17, 15) is 53.1 Å². The SMILES string of the molecule is CCN(CCN(C)CC(=O)OOC(=O)CNC)CC(=O)NCCCCC(=O)NCCCCC(=O)NCCC[C@@H]1C(=O)N[C@@H](CCCN=C(N)N)C(=O)N[C@@H](Cc2ccc3ccccc3c2)C(=O)NCC(=O)N[C@H](Cc2ccc(O)cc2)C(=O)N1C. The number of benzene rings is 3. The van der Waals surface area contributed by atoms with Crippen molar-refractivity contribution in [2.24, 2.45) is 16.5 Å². The summed E-state index contributed by atoms with van der Waals surface area (Å²) >= 11 is 0. The number of phenolic OH excluding ortho intramolecular Hbond substituents is 1. The number of likely N-dealkylation sites (N-methyl/N-ethyl adjacent to an activating group) is 4. The van der Waals surface area contributed by atoms with Crippen molar-refractivity contribution < 1.29 is 62.8 Å². The van der Waals surface area contributed by atoms with E-state index in [0.717, 1.165) is 10.8 Å². The van der Waals surface area contributed by atoms with Crippen molar-refractivity contribution in [1.82, 2.24) is 57.2 Å². The van der Waals surface area contributed by atoms with Crippen LogP contribution in [0.3, 0.4) is 0 Å². The van der Waals surface area contributed by atoms with Gasteiger partial charge in [0, 0.05) is 72.0 Å². The molecule has 1 heterocycles. The van der Waals surface area contributed by atoms with E-state index in [1.807, 2.05) is 54.3 Å². The maximum Gasteiger partial charge on any atom is 0.369 e. The first-order valence-corrected chi connectivity index (χ1v) is 28.8. The van der Waals surface area contributed by atoms with Gasteiger partial charge in [-0.2, -0.15) is 0 Å². The van der Waals surface area contributed by atoms with Crippen LogP contribution in [0.1, 0.15) is 82.3 Å². The van der Waals surface area contributed by atoms with Crippen LogP contribution in [0.15, 0.2) is 71.7 Å². The number of aromatic hydroxyl groups is 1. The van der Waals surface area contributed by atoms with Gasteiger partial charge in [0.1, 0.15) is 36.5 Å². The number of amides is 8. The summed E-state index contributed by atoms with van der Waals surface area (Å²) in [5, 5.41) is 33.9. The van der Waals surface area contributed by atoms with E-state index in [2.05, 4.69) is 57.3 Å². The summed E-state index contributed by atoms with van der Waals surface area (Å²) < 4.78 is 0. The molecule has 1 fully saturated rings. The molecule has 1 saturated heterocycles. The molecular weight excluding hydrogens is 1100 g/mol. The van der Waals surface area contributed by atoms with E-state index in [-0.39, 0.29) is 114 Å². The minimum absolute atomic E-state index is 0.0125. The molecule has 0 radical (unpaired) electrons. The van der Waals surface area contributed by atoms with Gasteiger partial charge in [0.05, 0.1) is 19.6 Å². The topological polar surface area (TPSA) is 380 Å². The maximum atomic E-state index is 14.6. The number of hydrogen-bond donors (Lipinski definition) is 11. The lowest BCUT2D eigenvalue weighted by atomic mass is 10.00. The first-order valence-electron chi connectivity index (χ1n) is 28.8. The lowest BCUT2D eigenvalue weighted by Gasteiger charge is -2.32. The zero-order valence-corrected chi connectivity index (χ0v) is 49.2. The van der Waals surface area contributed by atoms with Gasteiger partial charge in [-0.25, -0.2) is 19.4 Å². The number of carbonyl (C=O) groups is 10. The summed E-state index contributed by atoms with van der Waals surface area (Å²) in [6, 6.07) is 14.4. The number of hydrogen-bond acceptors (Lipinski definition) is 17. The summed E-state index contributed by atoms with van der Waals surface area (Å²) in [5.74, 6) is -5.70. The summed E-state index contributed by atoms with van der Waals surface area (Å²) in [7, 11) is 4.66. The Bertz CT molecular complexity index is 2730. The van der Waals surface area contributed by atoms with Crippen LogP contribution in [0.4, 0.5) is 0 Å². The van der Waals surface area contributed by atoms with Crippen molar-refractivity contribution in [2.45, 2.75) is 108 Å². The van der Waals surface area contributed by atoms with Crippen molar-refractivity contribution in [3.63, 3.8) is 0 Å². The normalized spacial score (nSPS) is 16.9. The molecule has 466 valence electrons. The molecule has 3 aromatic carbocycles. The van der Waals surface area contributed by atoms with E-state index in [1.165, 1.54) is 24.1 Å². The number of guanidine groups is 1. The summed E-state index contributed by atoms with van der Waals surface area (Å²) in [6.45, 7) is 3.82. The van der Waals surface area contributed by atoms with E-state index >= 15 is 0 Å². The molecule has 4 rings (SSSR count). The molecular formula is C58H86N14O13. The number of rotatable bonds is 32. The van der Waals surface area contributed by atoms with Crippen LogP contribution in [0, 0.1) is 0 Å². The second-order valence-corrected chi connectivity index (χ2v) is 20.8. The van der Waals surface area contributed by atoms with E-state index in [4.69, 9.17) is 11.5 Å². The number of nitrogens with two attached hydrogens (primary N) is 2. The second kappa shape index (κ2) is 37.7. The Hall–Kier alpha value is -8.43. The highest BCUT2D eigenvalue weighted by atomic mass is 17.2. The highest BCUT2D eigenvalue weighted by Crippen LogP contribution is 2.19. The third-order valence-electron chi connectivity index (χ3n) is 13.9. The van der Waals surface area contributed by atoms with Gasteiger partial charge in [-0.1, -0.05) is 61.5 Å². The van der Waals surface area contributed by atoms with Gasteiger partial charge in [0.25, 0.3) is 0 Å². The predicted octanol–water partition coefficient (Wildman–Crippen LogP) is -1.26. The number of nitrogens with one attached hydrogen (secondary N) is 8. The average Bonchev–Trinajstić information content (AvgIpc) is 3.67. The van der Waals surface area contributed by atoms with Crippen LogP contribution in [0.25, 0.3) is 10.8 Å². The zero-order valence-electron chi connectivity index (χ0n) is 49.2. The summed E-state index contributed by atoms with van der Waals surface area (Å²) in [5.41, 5.74) is 12.4. The Labute approximate surface area is 495 Å². The van der Waals surface area contributed by atoms with Gasteiger partial charge in [-0.05, 0) is 106 Å². The van der Waals surface area contributed by atoms with Crippen molar-refractivity contribution in [3.8, 4) is 5.75 Å². The van der Waals surface area contributed by atoms with E-state index in [1.54, 1.807) is 31.1 Å². The molecule has 0 saturated carbocycles. The smallest absolute Gasteiger partial charge is 0.369 e. The highest BCUT2D eigenvalue weighted by molar-refractivity contribution is 5.97. The van der Waals surface area contributed by atoms with E-state index < -0.39 is 72.2 Å². The van der Waals surface area contributed by atoms with Gasteiger partial charge in [-0.15, -0.1) is 0 Å². The molecule has 13 N–H and O–H groups in total. The second-order valence-electron chi connectivity index (χ2n) is 20.8. The van der Waals surface area contributed by atoms with Crippen LogP contribution >= 0.6 is 0 Å². The maximum absolute atomic E-state index is 14.6. The van der Waals surface area contributed by atoms with Gasteiger partial charge in [-0.3, -0.25) is 53.1 Å². The van der Waals surface area contributed by atoms with Gasteiger partial charge in [0.15, 0.2) is 5.96 Å². The standard InChI is InChI=1S/C58H86N14O13/c1-5-72(31-30-70(3)38-53(79)85-84-52(78)36-61-2)37-51(77)64-27-11-9-18-48(74)62-26-10-8-19-49(75)63-28-13-17-47-56(82)68-44(16-12-29-65-58(59)60)55(81)69-45(34-40-20-23-41-14-6-7-15-42(41)32-40)54(80)66-35-50(76)67-46(57(83)71(47)4)33-39-21-24-43(73)25-22-39/h6-7,14-15,20-25,32,44-47,61,73H,5,8-13,16-19,26-31,33-38H2,1-4H3,(H,62,74)(H,63,75)(H,64,77)(H,66,80)(H,67,76)(H,68,82)(H,69,81)(H4,59,60,65)/t44-,45-,46+,47+/m0/s1. The first-order chi connectivity index (χ1) is 40.7. The fraction of sp³-hybridized carbons (Fsp3) is 0.534. The molecule has 1 aliphatic heterocycles. The van der Waals surface area contributed by atoms with Crippen molar-refractivity contribution >= 4 is 75.9 Å². The molecule has 27 nitrogen and oxygen atoms in total. The van der Waals surface area contributed by atoms with Crippen LogP contribution in [0.2, 0.25) is 0 Å². The largest absolute Gasteiger partial charge is 0.508 e. The Morgan fingerprint density at radius 2 is 1.29 bits per heavy atom. The Morgan fingerprint density at radius 3 is 1.95 bits per heavy atom. The molecule has 85 heavy (non-hydrogen) atoms. The average molecular weight is 1190 g/mol. The lowest BCUT2D eigenvalue weighted by Crippen LogP contribution is -2.58. The molecule has 1 aliphatic rings. The monoisotopic (exact) mass is 1190 g/mol. The molecule has 8 amide bonds. The lowest BCUT2D eigenvalue weighted by molar-refractivity contribution is -0.258. The molecule has 0 unspecified atom stereocenters. The fourth-order valence-corrected chi connectivity index (χ4v) is 9.12. The highest BCUT2D eigenvalue weighted by Gasteiger charge is 2.36. The third kappa shape index (κ3) is 26.8. The van der Waals surface area contributed by atoms with Crippen molar-refractivity contribution in [2.75, 3.05) is 93.1 Å². The number of unbranched alkanes of at least 4 members (excludes halogenated alkanes) is 2. The number of phenols is 1. The molecule has 0 aliphatic carbocycles. The first kappa shape index (κ1) is 69.1. The fourth-order valence-electron chi connectivity index (χ4n) is 9.12. The van der Waals surface area contributed by atoms with Gasteiger partial charge < -0.3 is 64.0 Å². The minimum Gasteiger partial charge on any atom is -0.508 e. The van der Waals surface area contributed by atoms with Crippen LogP contribution in [0.5, 0.6) is 5.75 Å². The predicted molar refractivity (Wildman–Crippen MR) is 316 cm³/mol. The van der Waals surface area contributed by atoms with Gasteiger partial charge in [0.2, 0.25) is 47.3 Å². The Balaban J connectivity index is 1.29. The number of nitrogens with zero attached hydrogens (tertiary/aromatic N) is 4.